The molecule has 130 valence electrons. The second-order valence-electron chi connectivity index (χ2n) is 5.18. The van der Waals surface area contributed by atoms with Gasteiger partial charge in [-0.25, -0.2) is 19.4 Å². The molecule has 0 saturated heterocycles. The van der Waals surface area contributed by atoms with Gasteiger partial charge in [-0.2, -0.15) is 0 Å². The molecule has 0 amide bonds. The average molecular weight is 342 g/mol. The van der Waals surface area contributed by atoms with E-state index in [1.54, 1.807) is 30.3 Å². The summed E-state index contributed by atoms with van der Waals surface area (Å²) < 4.78 is 5.18. The molecule has 0 heterocycles. The molecule has 0 saturated carbocycles. The summed E-state index contributed by atoms with van der Waals surface area (Å²) in [5.41, 5.74) is 0.239. The summed E-state index contributed by atoms with van der Waals surface area (Å²) >= 11 is 0. The molecule has 0 N–H and O–H groups in total. The maximum Gasteiger partial charge on any atom is 0.390 e. The van der Waals surface area contributed by atoms with E-state index in [-0.39, 0.29) is 23.3 Å². The van der Waals surface area contributed by atoms with Crippen LogP contribution < -0.4 is 4.74 Å². The van der Waals surface area contributed by atoms with Crippen molar-refractivity contribution in [1.82, 2.24) is 0 Å². The van der Waals surface area contributed by atoms with E-state index in [0.29, 0.717) is 6.42 Å². The highest BCUT2D eigenvalue weighted by Gasteiger charge is 2.19. The summed E-state index contributed by atoms with van der Waals surface area (Å²) in [6, 6.07) is 14.2. The predicted molar refractivity (Wildman–Crippen MR) is 88.9 cm³/mol. The smallest absolute Gasteiger partial charge is 0.390 e. The van der Waals surface area contributed by atoms with Crippen molar-refractivity contribution < 1.29 is 28.9 Å². The van der Waals surface area contributed by atoms with Gasteiger partial charge in [0.15, 0.2) is 0 Å². The predicted octanol–water partition coefficient (Wildman–Crippen LogP) is 3.71. The van der Waals surface area contributed by atoms with Gasteiger partial charge < -0.3 is 4.74 Å². The van der Waals surface area contributed by atoms with Crippen molar-refractivity contribution in [2.24, 2.45) is 0 Å². The number of ether oxygens (including phenoxy) is 1. The Labute approximate surface area is 145 Å². The molecule has 0 fully saturated rings. The molecule has 0 aliphatic heterocycles. The van der Waals surface area contributed by atoms with Gasteiger partial charge in [-0.3, -0.25) is 4.79 Å². The molecule has 25 heavy (non-hydrogen) atoms. The molecule has 0 aliphatic rings. The fourth-order valence-corrected chi connectivity index (χ4v) is 1.96. The lowest BCUT2D eigenvalue weighted by Crippen LogP contribution is -2.15. The summed E-state index contributed by atoms with van der Waals surface area (Å²) in [6.45, 7) is 1.96. The number of para-hydroxylation sites is 1. The first-order valence-corrected chi connectivity index (χ1v) is 7.89. The Bertz CT molecular complexity index is 739. The van der Waals surface area contributed by atoms with Crippen molar-refractivity contribution in [3.05, 3.63) is 65.7 Å². The molecule has 6 nitrogen and oxygen atoms in total. The monoisotopic (exact) mass is 342 g/mol. The molecule has 0 aliphatic carbocycles. The molecule has 0 bridgehead atoms. The van der Waals surface area contributed by atoms with Gasteiger partial charge in [0.25, 0.3) is 0 Å². The molecule has 2 aromatic rings. The minimum atomic E-state index is -0.928. The van der Waals surface area contributed by atoms with Crippen molar-refractivity contribution in [2.75, 3.05) is 0 Å². The minimum absolute atomic E-state index is 0.00629. The molecular formula is C19H18O6. The molecule has 0 radical (unpaired) electrons. The largest absolute Gasteiger partial charge is 0.426 e. The number of hydrogen-bond donors (Lipinski definition) is 0. The summed E-state index contributed by atoms with van der Waals surface area (Å²) in [5, 5.41) is 0. The third kappa shape index (κ3) is 5.46. The molecule has 2 aromatic carbocycles. The van der Waals surface area contributed by atoms with Gasteiger partial charge >= 0.3 is 17.9 Å². The van der Waals surface area contributed by atoms with Crippen LogP contribution in [0.3, 0.4) is 0 Å². The average Bonchev–Trinajstić information content (AvgIpc) is 2.65. The lowest BCUT2D eigenvalue weighted by Gasteiger charge is -2.08. The zero-order valence-corrected chi connectivity index (χ0v) is 13.8. The third-order valence-corrected chi connectivity index (χ3v) is 3.27. The second kappa shape index (κ2) is 9.22. The number of unbranched alkanes of at least 4 members (excludes halogenated alkanes) is 1. The maximum atomic E-state index is 12.1. The second-order valence-corrected chi connectivity index (χ2v) is 5.18. The van der Waals surface area contributed by atoms with Crippen molar-refractivity contribution in [2.45, 2.75) is 26.2 Å². The number of rotatable bonds is 6. The van der Waals surface area contributed by atoms with E-state index in [4.69, 9.17) is 4.74 Å². The van der Waals surface area contributed by atoms with Gasteiger partial charge in [0.05, 0.1) is 5.56 Å². The fourth-order valence-electron chi connectivity index (χ4n) is 1.96. The summed E-state index contributed by atoms with van der Waals surface area (Å²) in [5.74, 6) is -2.11. The molecule has 0 aromatic heterocycles. The Morgan fingerprint density at radius 1 is 0.840 bits per heavy atom. The molecule has 6 heteroatoms. The number of carbonyl (C=O) groups is 3. The van der Waals surface area contributed by atoms with Crippen LogP contribution in [-0.2, 0) is 14.6 Å². The van der Waals surface area contributed by atoms with Gasteiger partial charge in [0.1, 0.15) is 11.3 Å². The van der Waals surface area contributed by atoms with Crippen molar-refractivity contribution in [3.63, 3.8) is 0 Å². The van der Waals surface area contributed by atoms with Gasteiger partial charge in [0, 0.05) is 6.42 Å². The first-order chi connectivity index (χ1) is 12.1. The van der Waals surface area contributed by atoms with E-state index < -0.39 is 17.9 Å². The zero-order chi connectivity index (χ0) is 18.1. The van der Waals surface area contributed by atoms with Crippen molar-refractivity contribution in [3.8, 4) is 5.75 Å². The Kier molecular flexibility index (Phi) is 6.71. The van der Waals surface area contributed by atoms with Crippen LogP contribution in [0.15, 0.2) is 54.6 Å². The highest BCUT2D eigenvalue weighted by Crippen LogP contribution is 2.20. The van der Waals surface area contributed by atoms with Crippen molar-refractivity contribution >= 4 is 17.9 Å². The standard InChI is InChI=1S/C19H18O6/c1-2-3-13-17(20)23-16-12-8-7-11-15(16)19(22)25-24-18(21)14-9-5-4-6-10-14/h4-12H,2-3,13H2,1H3. The lowest BCUT2D eigenvalue weighted by molar-refractivity contribution is -0.187. The van der Waals surface area contributed by atoms with Gasteiger partial charge in [-0.05, 0) is 30.7 Å². The number of hydrogen-bond acceptors (Lipinski definition) is 6. The normalized spacial score (nSPS) is 9.96. The molecule has 0 spiro atoms. The van der Waals surface area contributed by atoms with E-state index in [2.05, 4.69) is 9.78 Å². The van der Waals surface area contributed by atoms with Crippen LogP contribution in [0.1, 0.15) is 46.9 Å². The fraction of sp³-hybridized carbons (Fsp3) is 0.211. The zero-order valence-electron chi connectivity index (χ0n) is 13.8. The molecular weight excluding hydrogens is 324 g/mol. The van der Waals surface area contributed by atoms with Gasteiger partial charge in [-0.1, -0.05) is 43.7 Å². The van der Waals surface area contributed by atoms with Crippen molar-refractivity contribution in [1.29, 1.82) is 0 Å². The van der Waals surface area contributed by atoms with Crippen LogP contribution >= 0.6 is 0 Å². The number of carbonyl (C=O) groups excluding carboxylic acids is 3. The molecule has 2 rings (SSSR count). The molecule has 0 unspecified atom stereocenters. The highest BCUT2D eigenvalue weighted by molar-refractivity contribution is 5.94. The van der Waals surface area contributed by atoms with Crippen LogP contribution in [0.2, 0.25) is 0 Å². The van der Waals surface area contributed by atoms with E-state index in [9.17, 15) is 14.4 Å². The number of benzene rings is 2. The maximum absolute atomic E-state index is 12.1. The van der Waals surface area contributed by atoms with E-state index >= 15 is 0 Å². The van der Waals surface area contributed by atoms with Crippen LogP contribution in [0.5, 0.6) is 5.75 Å². The highest BCUT2D eigenvalue weighted by atomic mass is 17.2. The van der Waals surface area contributed by atoms with Crippen LogP contribution in [-0.4, -0.2) is 17.9 Å². The molecule has 0 atom stereocenters. The van der Waals surface area contributed by atoms with Crippen LogP contribution in [0.25, 0.3) is 0 Å². The van der Waals surface area contributed by atoms with E-state index in [1.165, 1.54) is 24.3 Å². The Hall–Kier alpha value is -3.15. The first kappa shape index (κ1) is 18.2. The van der Waals surface area contributed by atoms with E-state index in [1.807, 2.05) is 6.92 Å². The first-order valence-electron chi connectivity index (χ1n) is 7.89. The Morgan fingerprint density at radius 3 is 2.20 bits per heavy atom. The van der Waals surface area contributed by atoms with Crippen LogP contribution in [0, 0.1) is 0 Å². The lowest BCUT2D eigenvalue weighted by atomic mass is 10.2. The summed E-state index contributed by atoms with van der Waals surface area (Å²) in [7, 11) is 0. The Morgan fingerprint density at radius 2 is 1.48 bits per heavy atom. The number of esters is 1. The summed E-state index contributed by atoms with van der Waals surface area (Å²) in [6.07, 6.45) is 1.80. The third-order valence-electron chi connectivity index (χ3n) is 3.27. The quantitative estimate of drug-likeness (QED) is 0.345. The van der Waals surface area contributed by atoms with Gasteiger partial charge in [0.2, 0.25) is 0 Å². The van der Waals surface area contributed by atoms with Crippen LogP contribution in [0.4, 0.5) is 0 Å². The Balaban J connectivity index is 1.99. The summed E-state index contributed by atoms with van der Waals surface area (Å²) in [4.78, 5) is 44.7. The minimum Gasteiger partial charge on any atom is -0.426 e. The van der Waals surface area contributed by atoms with E-state index in [0.717, 1.165) is 6.42 Å². The topological polar surface area (TPSA) is 78.9 Å². The van der Waals surface area contributed by atoms with Gasteiger partial charge in [-0.15, -0.1) is 0 Å². The SMILES string of the molecule is CCCCC(=O)Oc1ccccc1C(=O)OOC(=O)c1ccccc1.